The summed E-state index contributed by atoms with van der Waals surface area (Å²) < 4.78 is 4.85. The zero-order valence-electron chi connectivity index (χ0n) is 9.17. The van der Waals surface area contributed by atoms with Crippen LogP contribution < -0.4 is 0 Å². The van der Waals surface area contributed by atoms with Gasteiger partial charge in [0.25, 0.3) is 0 Å². The lowest BCUT2D eigenvalue weighted by molar-refractivity contribution is -0.147. The Bertz CT molecular complexity index is 287. The van der Waals surface area contributed by atoms with Crippen molar-refractivity contribution in [1.82, 2.24) is 0 Å². The fourth-order valence-corrected chi connectivity index (χ4v) is 3.32. The van der Waals surface area contributed by atoms with Crippen LogP contribution in [0.1, 0.15) is 33.1 Å². The van der Waals surface area contributed by atoms with Crippen molar-refractivity contribution in [2.75, 3.05) is 7.11 Å². The fraction of sp³-hybridized carbons (Fsp3) is 0.750. The number of allylic oxidation sites excluding steroid dienone is 2. The summed E-state index contributed by atoms with van der Waals surface area (Å²) in [6.45, 7) is 4.33. The first kappa shape index (κ1) is 9.75. The largest absolute Gasteiger partial charge is 0.469 e. The second-order valence-electron chi connectivity index (χ2n) is 4.70. The van der Waals surface area contributed by atoms with Crippen LogP contribution in [0.3, 0.4) is 0 Å². The summed E-state index contributed by atoms with van der Waals surface area (Å²) in [5, 5.41) is 0. The molecule has 2 fully saturated rings. The Kier molecular flexibility index (Phi) is 2.38. The van der Waals surface area contributed by atoms with Gasteiger partial charge in [-0.25, -0.2) is 0 Å². The third-order valence-corrected chi connectivity index (χ3v) is 3.77. The first-order valence-corrected chi connectivity index (χ1v) is 5.40. The maximum absolute atomic E-state index is 11.5. The monoisotopic (exact) mass is 194 g/mol. The molecular weight excluding hydrogens is 176 g/mol. The van der Waals surface area contributed by atoms with Crippen molar-refractivity contribution in [3.05, 3.63) is 11.1 Å². The van der Waals surface area contributed by atoms with Crippen LogP contribution in [0, 0.1) is 17.8 Å². The van der Waals surface area contributed by atoms with E-state index in [0.717, 1.165) is 6.42 Å². The molecule has 0 amide bonds. The molecule has 0 radical (unpaired) electrons. The van der Waals surface area contributed by atoms with Gasteiger partial charge < -0.3 is 4.74 Å². The number of rotatable bonds is 1. The molecule has 78 valence electrons. The summed E-state index contributed by atoms with van der Waals surface area (Å²) in [5.41, 5.74) is 2.98. The average molecular weight is 194 g/mol. The molecule has 0 N–H and O–H groups in total. The minimum absolute atomic E-state index is 0.00375. The summed E-state index contributed by atoms with van der Waals surface area (Å²) in [7, 11) is 1.50. The van der Waals surface area contributed by atoms with Gasteiger partial charge >= 0.3 is 5.97 Å². The molecule has 2 aliphatic rings. The lowest BCUT2D eigenvalue weighted by atomic mass is 9.88. The van der Waals surface area contributed by atoms with Crippen LogP contribution >= 0.6 is 0 Å². The minimum atomic E-state index is -0.00375. The Morgan fingerprint density at radius 3 is 2.57 bits per heavy atom. The molecule has 0 spiro atoms. The van der Waals surface area contributed by atoms with Gasteiger partial charge in [0, 0.05) is 0 Å². The minimum Gasteiger partial charge on any atom is -0.469 e. The van der Waals surface area contributed by atoms with Crippen molar-refractivity contribution in [1.29, 1.82) is 0 Å². The summed E-state index contributed by atoms with van der Waals surface area (Å²) >= 11 is 0. The molecule has 0 aromatic carbocycles. The second kappa shape index (κ2) is 3.41. The maximum atomic E-state index is 11.5. The maximum Gasteiger partial charge on any atom is 0.309 e. The highest BCUT2D eigenvalue weighted by Crippen LogP contribution is 2.53. The number of carbonyl (C=O) groups is 1. The van der Waals surface area contributed by atoms with Crippen molar-refractivity contribution in [2.24, 2.45) is 17.8 Å². The quantitative estimate of drug-likeness (QED) is 0.473. The number of hydrogen-bond acceptors (Lipinski definition) is 2. The molecule has 0 aromatic rings. The van der Waals surface area contributed by atoms with Gasteiger partial charge in [0.2, 0.25) is 0 Å². The summed E-state index contributed by atoms with van der Waals surface area (Å²) in [6, 6.07) is 0. The molecule has 0 heterocycles. The van der Waals surface area contributed by atoms with Crippen LogP contribution in [-0.2, 0) is 9.53 Å². The van der Waals surface area contributed by atoms with Crippen molar-refractivity contribution in [3.8, 4) is 0 Å². The Morgan fingerprint density at radius 1 is 1.36 bits per heavy atom. The zero-order valence-corrected chi connectivity index (χ0v) is 9.17. The molecule has 3 atom stereocenters. The Morgan fingerprint density at radius 2 is 2.07 bits per heavy atom. The van der Waals surface area contributed by atoms with Crippen LogP contribution in [0.4, 0.5) is 0 Å². The summed E-state index contributed by atoms with van der Waals surface area (Å²) in [6.07, 6.45) is 3.49. The van der Waals surface area contributed by atoms with Crippen LogP contribution in [0.15, 0.2) is 11.1 Å². The van der Waals surface area contributed by atoms with E-state index in [0.29, 0.717) is 11.8 Å². The number of methoxy groups -OCH3 is 1. The Hall–Kier alpha value is -0.790. The topological polar surface area (TPSA) is 26.3 Å². The van der Waals surface area contributed by atoms with E-state index < -0.39 is 0 Å². The normalized spacial score (nSPS) is 34.8. The van der Waals surface area contributed by atoms with Crippen LogP contribution in [0.2, 0.25) is 0 Å². The van der Waals surface area contributed by atoms with Crippen LogP contribution in [-0.4, -0.2) is 13.1 Å². The molecule has 14 heavy (non-hydrogen) atoms. The number of carbonyl (C=O) groups excluding carboxylic acids is 1. The highest BCUT2D eigenvalue weighted by atomic mass is 16.5. The van der Waals surface area contributed by atoms with E-state index in [9.17, 15) is 4.79 Å². The Labute approximate surface area is 85.3 Å². The van der Waals surface area contributed by atoms with E-state index in [4.69, 9.17) is 4.74 Å². The van der Waals surface area contributed by atoms with E-state index in [1.54, 1.807) is 5.57 Å². The molecule has 2 aliphatic carbocycles. The number of fused-ring (bicyclic) bond motifs is 2. The number of esters is 1. The highest BCUT2D eigenvalue weighted by molar-refractivity contribution is 5.74. The second-order valence-corrected chi connectivity index (χ2v) is 4.70. The molecular formula is C12H18O2. The van der Waals surface area contributed by atoms with Gasteiger partial charge in [-0.15, -0.1) is 0 Å². The van der Waals surface area contributed by atoms with Crippen molar-refractivity contribution in [2.45, 2.75) is 33.1 Å². The predicted octanol–water partition coefficient (Wildman–Crippen LogP) is 2.54. The molecule has 2 saturated carbocycles. The standard InChI is InChI=1S/C12H18O2/c1-7(2)11-8-4-5-9(11)10(6-8)12(13)14-3/h8-10H,4-6H2,1-3H3. The molecule has 2 bridgehead atoms. The van der Waals surface area contributed by atoms with Gasteiger partial charge in [0.1, 0.15) is 0 Å². The van der Waals surface area contributed by atoms with Gasteiger partial charge in [-0.3, -0.25) is 4.79 Å². The fourth-order valence-electron chi connectivity index (χ4n) is 3.32. The van der Waals surface area contributed by atoms with E-state index in [2.05, 4.69) is 13.8 Å². The molecule has 0 aliphatic heterocycles. The summed E-state index contributed by atoms with van der Waals surface area (Å²) in [4.78, 5) is 11.5. The lowest BCUT2D eigenvalue weighted by Crippen LogP contribution is -2.22. The first-order chi connectivity index (χ1) is 6.65. The highest BCUT2D eigenvalue weighted by Gasteiger charge is 2.47. The molecule has 3 unspecified atom stereocenters. The number of ether oxygens (including phenoxy) is 1. The average Bonchev–Trinajstić information content (AvgIpc) is 2.72. The van der Waals surface area contributed by atoms with Gasteiger partial charge in [-0.1, -0.05) is 11.1 Å². The summed E-state index contributed by atoms with van der Waals surface area (Å²) in [5.74, 6) is 1.33. The Balaban J connectivity index is 2.24. The predicted molar refractivity (Wildman–Crippen MR) is 54.7 cm³/mol. The van der Waals surface area contributed by atoms with E-state index in [1.807, 2.05) is 0 Å². The molecule has 2 rings (SSSR count). The SMILES string of the molecule is COC(=O)C1CC2CCC1C2=C(C)C. The van der Waals surface area contributed by atoms with Gasteiger partial charge in [-0.2, -0.15) is 0 Å². The van der Waals surface area contributed by atoms with Gasteiger partial charge in [0.15, 0.2) is 0 Å². The molecule has 0 saturated heterocycles. The van der Waals surface area contributed by atoms with Gasteiger partial charge in [-0.05, 0) is 44.9 Å². The van der Waals surface area contributed by atoms with Crippen molar-refractivity contribution < 1.29 is 9.53 Å². The molecule has 2 heteroatoms. The van der Waals surface area contributed by atoms with Gasteiger partial charge in [0.05, 0.1) is 13.0 Å². The third kappa shape index (κ3) is 1.28. The third-order valence-electron chi connectivity index (χ3n) is 3.77. The van der Waals surface area contributed by atoms with Crippen LogP contribution in [0.25, 0.3) is 0 Å². The molecule has 0 aromatic heterocycles. The lowest BCUT2D eigenvalue weighted by Gasteiger charge is -2.18. The van der Waals surface area contributed by atoms with E-state index in [-0.39, 0.29) is 11.9 Å². The van der Waals surface area contributed by atoms with E-state index >= 15 is 0 Å². The van der Waals surface area contributed by atoms with E-state index in [1.165, 1.54) is 25.5 Å². The number of hydrogen-bond donors (Lipinski definition) is 0. The first-order valence-electron chi connectivity index (χ1n) is 5.40. The van der Waals surface area contributed by atoms with Crippen molar-refractivity contribution in [3.63, 3.8) is 0 Å². The zero-order chi connectivity index (χ0) is 10.3. The smallest absolute Gasteiger partial charge is 0.309 e. The van der Waals surface area contributed by atoms with Crippen LogP contribution in [0.5, 0.6) is 0 Å². The van der Waals surface area contributed by atoms with Crippen molar-refractivity contribution >= 4 is 5.97 Å². The molecule has 2 nitrogen and oxygen atoms in total.